The van der Waals surface area contributed by atoms with Crippen molar-refractivity contribution in [2.45, 2.75) is 137 Å². The predicted octanol–water partition coefficient (Wildman–Crippen LogP) is 6.30. The molecule has 1 aromatic carbocycles. The van der Waals surface area contributed by atoms with Gasteiger partial charge < -0.3 is 26.0 Å². The van der Waals surface area contributed by atoms with Crippen LogP contribution < -0.4 is 21.3 Å². The van der Waals surface area contributed by atoms with Crippen LogP contribution in [-0.4, -0.2) is 55.0 Å². The van der Waals surface area contributed by atoms with Crippen LogP contribution in [0, 0.1) is 23.2 Å². The van der Waals surface area contributed by atoms with Crippen LogP contribution in [0.2, 0.25) is 0 Å². The fourth-order valence-electron chi connectivity index (χ4n) is 7.25. The van der Waals surface area contributed by atoms with Gasteiger partial charge in [0.15, 0.2) is 0 Å². The number of hydrogen-bond donors (Lipinski definition) is 4. The minimum absolute atomic E-state index is 0.0521. The van der Waals surface area contributed by atoms with Crippen molar-refractivity contribution in [3.63, 3.8) is 0 Å². The summed E-state index contributed by atoms with van der Waals surface area (Å²) in [4.78, 5) is 50.4. The third-order valence-electron chi connectivity index (χ3n) is 10.2. The van der Waals surface area contributed by atoms with Gasteiger partial charge in [-0.25, -0.2) is 0 Å². The quantitative estimate of drug-likeness (QED) is 0.116. The second-order valence-corrected chi connectivity index (χ2v) is 15.7. The maximum Gasteiger partial charge on any atom is 0.250 e. The summed E-state index contributed by atoms with van der Waals surface area (Å²) >= 11 is 0. The van der Waals surface area contributed by atoms with E-state index >= 15 is 0 Å². The molecule has 4 amide bonds. The van der Waals surface area contributed by atoms with Gasteiger partial charge in [-0.1, -0.05) is 65.5 Å². The second kappa shape index (κ2) is 18.6. The number of carbonyl (C=O) groups excluding carboxylic acids is 4. The van der Waals surface area contributed by atoms with Gasteiger partial charge in [-0.15, -0.1) is 0 Å². The summed E-state index contributed by atoms with van der Waals surface area (Å²) in [5.74, 6) is 1.64. The third kappa shape index (κ3) is 14.4. The number of carbonyl (C=O) groups is 4. The number of aryl methyl sites for hydroxylation is 1. The van der Waals surface area contributed by atoms with Crippen molar-refractivity contribution in [3.8, 4) is 0 Å². The lowest BCUT2D eigenvalue weighted by atomic mass is 9.79. The first-order valence-corrected chi connectivity index (χ1v) is 18.1. The van der Waals surface area contributed by atoms with E-state index in [0.29, 0.717) is 43.3 Å². The number of benzene rings is 1. The number of hydrogen-bond acceptors (Lipinski definition) is 5. The second-order valence-electron chi connectivity index (χ2n) is 15.7. The number of amides is 4. The van der Waals surface area contributed by atoms with E-state index in [1.54, 1.807) is 12.1 Å². The van der Waals surface area contributed by atoms with E-state index in [4.69, 9.17) is 4.74 Å². The summed E-state index contributed by atoms with van der Waals surface area (Å²) in [6.45, 7) is 12.8. The molecule has 2 aliphatic rings. The van der Waals surface area contributed by atoms with Crippen LogP contribution in [0.15, 0.2) is 24.3 Å². The average molecular weight is 655 g/mol. The normalized spacial score (nSPS) is 20.7. The van der Waals surface area contributed by atoms with Gasteiger partial charge in [0.1, 0.15) is 13.2 Å². The fraction of sp³-hybridized carbons (Fsp3) is 0.737. The van der Waals surface area contributed by atoms with Crippen molar-refractivity contribution in [1.29, 1.82) is 0 Å². The summed E-state index contributed by atoms with van der Waals surface area (Å²) < 4.78 is 5.29. The van der Waals surface area contributed by atoms with Gasteiger partial charge >= 0.3 is 0 Å². The zero-order chi connectivity index (χ0) is 34.5. The topological polar surface area (TPSA) is 126 Å². The maximum absolute atomic E-state index is 13.3. The zero-order valence-corrected chi connectivity index (χ0v) is 30.0. The Morgan fingerprint density at radius 2 is 1.43 bits per heavy atom. The Labute approximate surface area is 283 Å². The molecule has 2 aliphatic carbocycles. The standard InChI is InChI=1S/C38H62N4O5/c1-27-13-18-32(19-14-28(27)2)41-36(46)37(3,4)26-38(5,6)42-33(43)22-17-30-15-20-31(21-16-30)40-35(45)25-47-24-34(44)39-23-9-12-29-10-7-8-11-29/h15-16,20-21,27-29,32H,7-14,17-19,22-26H2,1-6H3,(H,39,44)(H,40,45)(H,41,46)(H,42,43). The van der Waals surface area contributed by atoms with Crippen molar-refractivity contribution in [2.75, 3.05) is 25.1 Å². The number of ether oxygens (including phenoxy) is 1. The van der Waals surface area contributed by atoms with Crippen LogP contribution in [0.5, 0.6) is 0 Å². The Kier molecular flexibility index (Phi) is 15.2. The minimum Gasteiger partial charge on any atom is -0.362 e. The Morgan fingerprint density at radius 3 is 2.06 bits per heavy atom. The molecule has 9 heteroatoms. The van der Waals surface area contributed by atoms with Gasteiger partial charge in [0, 0.05) is 35.6 Å². The molecule has 0 heterocycles. The average Bonchev–Trinajstić information content (AvgIpc) is 3.47. The molecule has 47 heavy (non-hydrogen) atoms. The maximum atomic E-state index is 13.3. The van der Waals surface area contributed by atoms with Crippen molar-refractivity contribution >= 4 is 29.3 Å². The minimum atomic E-state index is -0.619. The third-order valence-corrected chi connectivity index (χ3v) is 10.2. The molecule has 2 unspecified atom stereocenters. The van der Waals surface area contributed by atoms with Gasteiger partial charge in [0.25, 0.3) is 0 Å². The molecule has 2 saturated carbocycles. The van der Waals surface area contributed by atoms with Crippen LogP contribution in [0.3, 0.4) is 0 Å². The lowest BCUT2D eigenvalue weighted by molar-refractivity contribution is -0.132. The van der Waals surface area contributed by atoms with Crippen molar-refractivity contribution in [3.05, 3.63) is 29.8 Å². The van der Waals surface area contributed by atoms with Crippen molar-refractivity contribution in [1.82, 2.24) is 16.0 Å². The molecule has 9 nitrogen and oxygen atoms in total. The lowest BCUT2D eigenvalue weighted by Crippen LogP contribution is -2.51. The van der Waals surface area contributed by atoms with Gasteiger partial charge in [-0.2, -0.15) is 0 Å². The molecule has 264 valence electrons. The van der Waals surface area contributed by atoms with Gasteiger partial charge in [-0.05, 0) is 101 Å². The van der Waals surface area contributed by atoms with Crippen LogP contribution >= 0.6 is 0 Å². The first-order chi connectivity index (χ1) is 22.2. The monoisotopic (exact) mass is 654 g/mol. The van der Waals surface area contributed by atoms with Crippen molar-refractivity contribution < 1.29 is 23.9 Å². The molecule has 0 radical (unpaired) electrons. The molecule has 1 aromatic rings. The van der Waals surface area contributed by atoms with E-state index in [-0.39, 0.29) is 42.9 Å². The Hall–Kier alpha value is -2.94. The summed E-state index contributed by atoms with van der Waals surface area (Å²) in [7, 11) is 0. The largest absolute Gasteiger partial charge is 0.362 e. The van der Waals surface area contributed by atoms with Gasteiger partial charge in [-0.3, -0.25) is 19.2 Å². The van der Waals surface area contributed by atoms with E-state index in [1.165, 1.54) is 25.7 Å². The number of nitrogens with one attached hydrogen (secondary N) is 4. The van der Waals surface area contributed by atoms with E-state index in [1.807, 2.05) is 39.8 Å². The Morgan fingerprint density at radius 1 is 0.809 bits per heavy atom. The van der Waals surface area contributed by atoms with E-state index in [2.05, 4.69) is 35.1 Å². The molecule has 2 atom stereocenters. The van der Waals surface area contributed by atoms with Crippen LogP contribution in [0.4, 0.5) is 5.69 Å². The van der Waals surface area contributed by atoms with E-state index in [9.17, 15) is 19.2 Å². The highest BCUT2D eigenvalue weighted by Gasteiger charge is 2.36. The van der Waals surface area contributed by atoms with Gasteiger partial charge in [0.2, 0.25) is 23.6 Å². The molecule has 3 rings (SSSR count). The molecular formula is C38H62N4O5. The zero-order valence-electron chi connectivity index (χ0n) is 30.0. The summed E-state index contributed by atoms with van der Waals surface area (Å²) in [5, 5.41) is 12.1. The Bertz CT molecular complexity index is 1150. The van der Waals surface area contributed by atoms with Gasteiger partial charge in [0.05, 0.1) is 0 Å². The van der Waals surface area contributed by atoms with Crippen molar-refractivity contribution in [2.24, 2.45) is 23.2 Å². The first-order valence-electron chi connectivity index (χ1n) is 18.1. The molecule has 4 N–H and O–H groups in total. The first kappa shape index (κ1) is 38.5. The lowest BCUT2D eigenvalue weighted by Gasteiger charge is -2.35. The molecule has 0 saturated heterocycles. The predicted molar refractivity (Wildman–Crippen MR) is 188 cm³/mol. The van der Waals surface area contributed by atoms with E-state index < -0.39 is 11.0 Å². The molecule has 0 spiro atoms. The van der Waals surface area contributed by atoms with Crippen LogP contribution in [-0.2, 0) is 30.3 Å². The number of anilines is 1. The SMILES string of the molecule is CC1CCC(NC(=O)C(C)(C)CC(C)(C)NC(=O)CCc2ccc(NC(=O)COCC(=O)NCCCC3CCCC3)cc2)CCC1C. The van der Waals surface area contributed by atoms with Crippen LogP contribution in [0.1, 0.15) is 124 Å². The smallest absolute Gasteiger partial charge is 0.250 e. The number of rotatable bonds is 17. The summed E-state index contributed by atoms with van der Waals surface area (Å²) in [6.07, 6.45) is 13.1. The molecule has 2 fully saturated rings. The molecule has 0 aliphatic heterocycles. The highest BCUT2D eigenvalue weighted by atomic mass is 16.5. The fourth-order valence-corrected chi connectivity index (χ4v) is 7.25. The van der Waals surface area contributed by atoms with E-state index in [0.717, 1.165) is 50.0 Å². The molecule has 0 bridgehead atoms. The highest BCUT2D eigenvalue weighted by molar-refractivity contribution is 5.92. The molecule has 0 aromatic heterocycles. The Balaban J connectivity index is 1.31. The molecular weight excluding hydrogens is 592 g/mol. The summed E-state index contributed by atoms with van der Waals surface area (Å²) in [6, 6.07) is 7.58. The highest BCUT2D eigenvalue weighted by Crippen LogP contribution is 2.32. The summed E-state index contributed by atoms with van der Waals surface area (Å²) in [5.41, 5.74) is 0.434. The van der Waals surface area contributed by atoms with Crippen LogP contribution in [0.25, 0.3) is 0 Å².